The summed E-state index contributed by atoms with van der Waals surface area (Å²) in [6.07, 6.45) is 4.16. The molecular formula is C28H37N7O7. The van der Waals surface area contributed by atoms with Crippen molar-refractivity contribution in [2.24, 2.45) is 11.7 Å². The summed E-state index contributed by atoms with van der Waals surface area (Å²) < 4.78 is 0. The second kappa shape index (κ2) is 14.8. The van der Waals surface area contributed by atoms with Gasteiger partial charge in [-0.2, -0.15) is 0 Å². The second-order valence-electron chi connectivity index (χ2n) is 10.5. The van der Waals surface area contributed by atoms with E-state index in [0.29, 0.717) is 17.7 Å². The van der Waals surface area contributed by atoms with Gasteiger partial charge in [-0.15, -0.1) is 0 Å². The fourth-order valence-electron chi connectivity index (χ4n) is 4.52. The minimum atomic E-state index is -1.49. The molecule has 226 valence electrons. The number of nitrogens with two attached hydrogens (primary N) is 1. The number of hydrogen-bond acceptors (Lipinski definition) is 7. The number of benzene rings is 1. The van der Waals surface area contributed by atoms with Crippen molar-refractivity contribution in [1.82, 2.24) is 30.9 Å². The first-order chi connectivity index (χ1) is 19.9. The average molecular weight is 584 g/mol. The number of aromatic amines is 2. The lowest BCUT2D eigenvalue weighted by molar-refractivity contribution is -0.143. The molecule has 2 heterocycles. The fourth-order valence-corrected chi connectivity index (χ4v) is 4.52. The van der Waals surface area contributed by atoms with Crippen LogP contribution in [0.4, 0.5) is 0 Å². The summed E-state index contributed by atoms with van der Waals surface area (Å²) in [6, 6.07) is 2.56. The SMILES string of the molecule is CC(C)CC(N)C(=O)NC(Cc1cnc[nH]1)C(=O)NC(Cc1c[nH]c2ccccc12)C(=O)NC(CCC(=O)O)C(=O)O. The van der Waals surface area contributed by atoms with E-state index in [0.717, 1.165) is 10.9 Å². The zero-order chi connectivity index (χ0) is 30.8. The normalized spacial score (nSPS) is 14.1. The maximum Gasteiger partial charge on any atom is 0.326 e. The van der Waals surface area contributed by atoms with E-state index in [1.165, 1.54) is 12.5 Å². The Morgan fingerprint density at radius 3 is 2.17 bits per heavy atom. The van der Waals surface area contributed by atoms with E-state index in [4.69, 9.17) is 10.8 Å². The summed E-state index contributed by atoms with van der Waals surface area (Å²) in [4.78, 5) is 72.6. The first-order valence-electron chi connectivity index (χ1n) is 13.6. The summed E-state index contributed by atoms with van der Waals surface area (Å²) in [5.41, 5.74) is 8.06. The molecule has 4 unspecified atom stereocenters. The van der Waals surface area contributed by atoms with Gasteiger partial charge in [0.1, 0.15) is 18.1 Å². The molecular weight excluding hydrogens is 546 g/mol. The van der Waals surface area contributed by atoms with E-state index in [1.807, 2.05) is 38.1 Å². The summed E-state index contributed by atoms with van der Waals surface area (Å²) in [7, 11) is 0. The zero-order valence-electron chi connectivity index (χ0n) is 23.4. The number of carboxylic acid groups (broad SMARTS) is 2. The molecule has 42 heavy (non-hydrogen) atoms. The van der Waals surface area contributed by atoms with Gasteiger partial charge in [-0.05, 0) is 30.4 Å². The van der Waals surface area contributed by atoms with Crippen LogP contribution in [0.3, 0.4) is 0 Å². The molecule has 3 rings (SSSR count). The molecule has 4 atom stereocenters. The molecule has 9 N–H and O–H groups in total. The Labute approximate surface area is 241 Å². The molecule has 3 amide bonds. The number of carboxylic acids is 2. The van der Waals surface area contributed by atoms with Crippen LogP contribution in [0.15, 0.2) is 43.0 Å². The highest BCUT2D eigenvalue weighted by molar-refractivity contribution is 5.95. The number of imidazole rings is 1. The van der Waals surface area contributed by atoms with Crippen molar-refractivity contribution in [2.75, 3.05) is 0 Å². The topological polar surface area (TPSA) is 232 Å². The molecule has 0 aliphatic carbocycles. The highest BCUT2D eigenvalue weighted by Crippen LogP contribution is 2.19. The Morgan fingerprint density at radius 1 is 0.905 bits per heavy atom. The van der Waals surface area contributed by atoms with Crippen molar-refractivity contribution in [3.8, 4) is 0 Å². The van der Waals surface area contributed by atoms with Gasteiger partial charge in [0, 0.05) is 48.3 Å². The Balaban J connectivity index is 1.87. The molecule has 0 saturated heterocycles. The van der Waals surface area contributed by atoms with Crippen LogP contribution >= 0.6 is 0 Å². The van der Waals surface area contributed by atoms with E-state index in [2.05, 4.69) is 30.9 Å². The number of H-pyrrole nitrogens is 2. The highest BCUT2D eigenvalue weighted by atomic mass is 16.4. The van der Waals surface area contributed by atoms with Crippen LogP contribution in [0.2, 0.25) is 0 Å². The lowest BCUT2D eigenvalue weighted by Crippen LogP contribution is -2.58. The van der Waals surface area contributed by atoms with Gasteiger partial charge < -0.3 is 41.9 Å². The number of rotatable bonds is 16. The van der Waals surface area contributed by atoms with Crippen LogP contribution in [-0.4, -0.2) is 79.0 Å². The van der Waals surface area contributed by atoms with Gasteiger partial charge in [-0.3, -0.25) is 19.2 Å². The number of nitrogens with zero attached hydrogens (tertiary/aromatic N) is 1. The molecule has 2 aromatic heterocycles. The van der Waals surface area contributed by atoms with Gasteiger partial charge in [0.2, 0.25) is 17.7 Å². The molecule has 0 bridgehead atoms. The Bertz CT molecular complexity index is 1390. The van der Waals surface area contributed by atoms with Crippen LogP contribution in [0.1, 0.15) is 44.4 Å². The van der Waals surface area contributed by atoms with E-state index in [9.17, 15) is 29.1 Å². The predicted octanol–water partition coefficient (Wildman–Crippen LogP) is 0.453. The van der Waals surface area contributed by atoms with E-state index < -0.39 is 60.2 Å². The van der Waals surface area contributed by atoms with Crippen molar-refractivity contribution >= 4 is 40.6 Å². The average Bonchev–Trinajstić information content (AvgIpc) is 3.59. The smallest absolute Gasteiger partial charge is 0.326 e. The highest BCUT2D eigenvalue weighted by Gasteiger charge is 2.31. The van der Waals surface area contributed by atoms with Crippen LogP contribution in [0.25, 0.3) is 10.9 Å². The molecule has 3 aromatic rings. The third kappa shape index (κ3) is 9.16. The minimum Gasteiger partial charge on any atom is -0.481 e. The number of fused-ring (bicyclic) bond motifs is 1. The third-order valence-electron chi connectivity index (χ3n) is 6.67. The first kappa shape index (κ1) is 31.8. The Kier molecular flexibility index (Phi) is 11.2. The zero-order valence-corrected chi connectivity index (χ0v) is 23.4. The minimum absolute atomic E-state index is 0.0176. The van der Waals surface area contributed by atoms with Crippen molar-refractivity contribution in [2.45, 2.75) is 70.1 Å². The molecule has 0 spiro atoms. The number of hydrogen-bond donors (Lipinski definition) is 8. The molecule has 0 radical (unpaired) electrons. The molecule has 0 aliphatic rings. The van der Waals surface area contributed by atoms with Gasteiger partial charge in [0.15, 0.2) is 0 Å². The van der Waals surface area contributed by atoms with Crippen LogP contribution in [-0.2, 0) is 36.8 Å². The number of para-hydroxylation sites is 1. The molecule has 14 heteroatoms. The van der Waals surface area contributed by atoms with E-state index >= 15 is 0 Å². The molecule has 14 nitrogen and oxygen atoms in total. The number of nitrogens with one attached hydrogen (secondary N) is 5. The third-order valence-corrected chi connectivity index (χ3v) is 6.67. The van der Waals surface area contributed by atoms with E-state index in [-0.39, 0.29) is 25.2 Å². The van der Waals surface area contributed by atoms with Crippen molar-refractivity contribution in [3.05, 3.63) is 54.2 Å². The van der Waals surface area contributed by atoms with Crippen molar-refractivity contribution < 1.29 is 34.2 Å². The predicted molar refractivity (Wildman–Crippen MR) is 152 cm³/mol. The number of carbonyl (C=O) groups excluding carboxylic acids is 3. The van der Waals surface area contributed by atoms with Crippen molar-refractivity contribution in [1.29, 1.82) is 0 Å². The quantitative estimate of drug-likeness (QED) is 0.117. The summed E-state index contributed by atoms with van der Waals surface area (Å²) in [6.45, 7) is 3.83. The lowest BCUT2D eigenvalue weighted by Gasteiger charge is -2.25. The van der Waals surface area contributed by atoms with Crippen LogP contribution in [0.5, 0.6) is 0 Å². The monoisotopic (exact) mass is 583 g/mol. The molecule has 0 aliphatic heterocycles. The summed E-state index contributed by atoms with van der Waals surface area (Å²) >= 11 is 0. The Morgan fingerprint density at radius 2 is 1.55 bits per heavy atom. The maximum absolute atomic E-state index is 13.6. The number of aliphatic carboxylic acids is 2. The van der Waals surface area contributed by atoms with Gasteiger partial charge in [0.25, 0.3) is 0 Å². The van der Waals surface area contributed by atoms with Gasteiger partial charge >= 0.3 is 11.9 Å². The van der Waals surface area contributed by atoms with Gasteiger partial charge in [0.05, 0.1) is 12.4 Å². The van der Waals surface area contributed by atoms with Gasteiger partial charge in [-0.1, -0.05) is 32.0 Å². The molecule has 0 fully saturated rings. The van der Waals surface area contributed by atoms with Crippen molar-refractivity contribution in [3.63, 3.8) is 0 Å². The largest absolute Gasteiger partial charge is 0.481 e. The maximum atomic E-state index is 13.6. The molecule has 0 saturated carbocycles. The first-order valence-corrected chi connectivity index (χ1v) is 13.6. The van der Waals surface area contributed by atoms with Crippen LogP contribution in [0, 0.1) is 5.92 Å². The Hall–Kier alpha value is -4.72. The van der Waals surface area contributed by atoms with E-state index in [1.54, 1.807) is 6.20 Å². The van der Waals surface area contributed by atoms with Crippen LogP contribution < -0.4 is 21.7 Å². The second-order valence-corrected chi connectivity index (χ2v) is 10.5. The summed E-state index contributed by atoms with van der Waals surface area (Å²) in [5.74, 6) is -4.56. The number of amides is 3. The lowest BCUT2D eigenvalue weighted by atomic mass is 10.0. The standard InChI is InChI=1S/C28H37N7O7/c1-15(2)9-19(29)25(38)34-23(11-17-13-30-14-32-17)27(40)35-22(10-16-12-31-20-6-4-3-5-18(16)20)26(39)33-21(28(41)42)7-8-24(36)37/h3-6,12-15,19,21-23,31H,7-11,29H2,1-2H3,(H,30,32)(H,33,39)(H,34,38)(H,35,40)(H,36,37)(H,41,42). The number of aromatic nitrogens is 3. The summed E-state index contributed by atoms with van der Waals surface area (Å²) in [5, 5.41) is 27.0. The molecule has 1 aromatic carbocycles. The van der Waals surface area contributed by atoms with Gasteiger partial charge in [-0.25, -0.2) is 9.78 Å². The fraction of sp³-hybridized carbons (Fsp3) is 0.429. The number of carbonyl (C=O) groups is 5.